The molecule has 0 radical (unpaired) electrons. The third kappa shape index (κ3) is 11.0. The number of hydrogen-bond acceptors (Lipinski definition) is 1. The Hall–Kier alpha value is -1.31. The van der Waals surface area contributed by atoms with Gasteiger partial charge < -0.3 is 5.11 Å². The van der Waals surface area contributed by atoms with Crippen LogP contribution in [0.3, 0.4) is 0 Å². The average Bonchev–Trinajstić information content (AvgIpc) is 2.19. The van der Waals surface area contributed by atoms with Crippen LogP contribution in [0.2, 0.25) is 0 Å². The highest BCUT2D eigenvalue weighted by molar-refractivity contribution is 5.66. The van der Waals surface area contributed by atoms with E-state index in [4.69, 9.17) is 5.11 Å². The van der Waals surface area contributed by atoms with E-state index in [1.54, 1.807) is 6.92 Å². The number of aliphatic carboxylic acids is 1. The second-order valence-electron chi connectivity index (χ2n) is 4.36. The molecule has 0 bridgehead atoms. The molecule has 0 aliphatic rings. The fourth-order valence-corrected chi connectivity index (χ4v) is 0.938. The van der Waals surface area contributed by atoms with Gasteiger partial charge in [0.15, 0.2) is 0 Å². The minimum Gasteiger partial charge on any atom is -0.481 e. The molecule has 2 nitrogen and oxygen atoms in total. The lowest BCUT2D eigenvalue weighted by Crippen LogP contribution is -2.10. The van der Waals surface area contributed by atoms with Gasteiger partial charge in [-0.05, 0) is 11.0 Å². The fraction of sp³-hybridized carbons (Fsp3) is 0.533. The third-order valence-corrected chi connectivity index (χ3v) is 1.94. The molecular weight excluding hydrogens is 212 g/mol. The van der Waals surface area contributed by atoms with Crippen molar-refractivity contribution in [1.29, 1.82) is 0 Å². The predicted octanol–water partition coefficient (Wildman–Crippen LogP) is 4.74. The van der Waals surface area contributed by atoms with Crippen LogP contribution in [0.15, 0.2) is 30.3 Å². The number of carboxylic acids is 1. The topological polar surface area (TPSA) is 37.3 Å². The van der Waals surface area contributed by atoms with Gasteiger partial charge in [-0.1, -0.05) is 72.9 Å². The van der Waals surface area contributed by atoms with Crippen LogP contribution in [0.5, 0.6) is 0 Å². The Labute approximate surface area is 107 Å². The molecule has 1 aromatic rings. The smallest absolute Gasteiger partial charge is 0.303 e. The van der Waals surface area contributed by atoms with Crippen LogP contribution in [-0.4, -0.2) is 11.1 Å². The second kappa shape index (κ2) is 9.88. The number of rotatable bonds is 1. The summed E-state index contributed by atoms with van der Waals surface area (Å²) in [6.45, 7) is 8.27. The summed E-state index contributed by atoms with van der Waals surface area (Å²) in [6.07, 6.45) is 0.222. The van der Waals surface area contributed by atoms with E-state index in [-0.39, 0.29) is 21.3 Å². The van der Waals surface area contributed by atoms with E-state index in [1.807, 2.05) is 0 Å². The first-order valence-corrected chi connectivity index (χ1v) is 5.15. The van der Waals surface area contributed by atoms with Crippen molar-refractivity contribution in [3.63, 3.8) is 0 Å². The zero-order valence-electron chi connectivity index (χ0n) is 9.95. The van der Waals surface area contributed by atoms with Gasteiger partial charge in [-0.2, -0.15) is 0 Å². The standard InChI is InChI=1S/C10H14.C3H6O2.2CH4/c1-10(2,3)9-7-5-4-6-8-9;1-2-3(4)5;;/h4-8H,1-3H3;2H2,1H3,(H,4,5);2*1H4. The highest BCUT2D eigenvalue weighted by Crippen LogP contribution is 2.20. The molecule has 0 amide bonds. The molecule has 0 saturated carbocycles. The van der Waals surface area contributed by atoms with Crippen molar-refractivity contribution in [2.24, 2.45) is 0 Å². The first kappa shape index (κ1) is 21.0. The first-order valence-electron chi connectivity index (χ1n) is 5.15. The molecule has 1 rings (SSSR count). The normalized spacial score (nSPS) is 8.94. The number of carboxylic acid groups (broad SMARTS) is 1. The molecule has 0 spiro atoms. The highest BCUT2D eigenvalue weighted by atomic mass is 16.4. The molecule has 0 aliphatic carbocycles. The molecule has 1 aromatic carbocycles. The maximum absolute atomic E-state index is 9.37. The summed E-state index contributed by atoms with van der Waals surface area (Å²) in [5, 5.41) is 7.72. The number of hydrogen-bond donors (Lipinski definition) is 1. The predicted molar refractivity (Wildman–Crippen MR) is 76.5 cm³/mol. The van der Waals surface area contributed by atoms with E-state index in [9.17, 15) is 4.79 Å². The Morgan fingerprint density at radius 1 is 1.12 bits per heavy atom. The lowest BCUT2D eigenvalue weighted by Gasteiger charge is -2.18. The van der Waals surface area contributed by atoms with Crippen LogP contribution in [0.4, 0.5) is 0 Å². The first-order chi connectivity index (χ1) is 6.88. The molecule has 0 aliphatic heterocycles. The van der Waals surface area contributed by atoms with Crippen LogP contribution in [-0.2, 0) is 10.2 Å². The van der Waals surface area contributed by atoms with Crippen molar-refractivity contribution in [3.8, 4) is 0 Å². The summed E-state index contributed by atoms with van der Waals surface area (Å²) in [5.41, 5.74) is 1.69. The molecule has 100 valence electrons. The monoisotopic (exact) mass is 240 g/mol. The lowest BCUT2D eigenvalue weighted by molar-refractivity contribution is -0.136. The van der Waals surface area contributed by atoms with E-state index >= 15 is 0 Å². The molecule has 0 atom stereocenters. The van der Waals surface area contributed by atoms with Crippen molar-refractivity contribution >= 4 is 5.97 Å². The molecule has 0 fully saturated rings. The van der Waals surface area contributed by atoms with Crippen molar-refractivity contribution in [1.82, 2.24) is 0 Å². The van der Waals surface area contributed by atoms with Gasteiger partial charge in [0.1, 0.15) is 0 Å². The summed E-state index contributed by atoms with van der Waals surface area (Å²) in [6, 6.07) is 10.6. The van der Waals surface area contributed by atoms with E-state index < -0.39 is 5.97 Å². The van der Waals surface area contributed by atoms with Crippen molar-refractivity contribution in [2.75, 3.05) is 0 Å². The Morgan fingerprint density at radius 2 is 1.47 bits per heavy atom. The van der Waals surface area contributed by atoms with Gasteiger partial charge >= 0.3 is 5.97 Å². The molecular formula is C15H28O2. The number of carbonyl (C=O) groups is 1. The van der Waals surface area contributed by atoms with Gasteiger partial charge in [-0.25, -0.2) is 0 Å². The Bertz CT molecular complexity index is 284. The summed E-state index contributed by atoms with van der Waals surface area (Å²) < 4.78 is 0. The third-order valence-electron chi connectivity index (χ3n) is 1.94. The summed E-state index contributed by atoms with van der Waals surface area (Å²) in [5.74, 6) is -0.745. The van der Waals surface area contributed by atoms with Crippen molar-refractivity contribution in [3.05, 3.63) is 35.9 Å². The molecule has 0 saturated heterocycles. The summed E-state index contributed by atoms with van der Waals surface area (Å²) in [4.78, 5) is 9.37. The van der Waals surface area contributed by atoms with E-state index in [0.717, 1.165) is 0 Å². The average molecular weight is 240 g/mol. The van der Waals surface area contributed by atoms with Gasteiger partial charge in [0.25, 0.3) is 0 Å². The van der Waals surface area contributed by atoms with Crippen LogP contribution in [0.1, 0.15) is 54.5 Å². The fourth-order valence-electron chi connectivity index (χ4n) is 0.938. The molecule has 0 aromatic heterocycles. The molecule has 0 unspecified atom stereocenters. The van der Waals surface area contributed by atoms with Gasteiger partial charge in [0.05, 0.1) is 0 Å². The van der Waals surface area contributed by atoms with Crippen LogP contribution in [0.25, 0.3) is 0 Å². The van der Waals surface area contributed by atoms with Crippen LogP contribution >= 0.6 is 0 Å². The molecule has 1 N–H and O–H groups in total. The van der Waals surface area contributed by atoms with E-state index in [0.29, 0.717) is 5.41 Å². The Morgan fingerprint density at radius 3 is 1.65 bits per heavy atom. The summed E-state index contributed by atoms with van der Waals surface area (Å²) >= 11 is 0. The van der Waals surface area contributed by atoms with E-state index in [1.165, 1.54) is 5.56 Å². The van der Waals surface area contributed by atoms with Crippen molar-refractivity contribution in [2.45, 2.75) is 54.4 Å². The van der Waals surface area contributed by atoms with Crippen LogP contribution in [0, 0.1) is 0 Å². The van der Waals surface area contributed by atoms with E-state index in [2.05, 4.69) is 51.1 Å². The quantitative estimate of drug-likeness (QED) is 0.770. The zero-order chi connectivity index (χ0) is 11.9. The largest absolute Gasteiger partial charge is 0.481 e. The summed E-state index contributed by atoms with van der Waals surface area (Å²) in [7, 11) is 0. The zero-order valence-corrected chi connectivity index (χ0v) is 9.95. The highest BCUT2D eigenvalue weighted by Gasteiger charge is 2.11. The van der Waals surface area contributed by atoms with Gasteiger partial charge in [0, 0.05) is 6.42 Å². The minimum atomic E-state index is -0.745. The van der Waals surface area contributed by atoms with Gasteiger partial charge in [-0.3, -0.25) is 4.79 Å². The minimum absolute atomic E-state index is 0. The molecule has 0 heterocycles. The lowest BCUT2D eigenvalue weighted by atomic mass is 9.87. The Balaban J connectivity index is -0.000000247. The maximum Gasteiger partial charge on any atom is 0.303 e. The molecule has 2 heteroatoms. The van der Waals surface area contributed by atoms with Crippen molar-refractivity contribution < 1.29 is 9.90 Å². The second-order valence-corrected chi connectivity index (χ2v) is 4.36. The maximum atomic E-state index is 9.37. The van der Waals surface area contributed by atoms with Crippen LogP contribution < -0.4 is 0 Å². The SMILES string of the molecule is C.C.CC(C)(C)c1ccccc1.CCC(=O)O. The van der Waals surface area contributed by atoms with Gasteiger partial charge in [-0.15, -0.1) is 0 Å². The Kier molecular flexibility index (Phi) is 12.2. The molecule has 17 heavy (non-hydrogen) atoms. The van der Waals surface area contributed by atoms with Gasteiger partial charge in [0.2, 0.25) is 0 Å². The number of benzene rings is 1.